The molecule has 16 heavy (non-hydrogen) atoms. The summed E-state index contributed by atoms with van der Waals surface area (Å²) in [5, 5.41) is 2.78. The molecule has 1 rings (SSSR count). The Labute approximate surface area is 93.9 Å². The summed E-state index contributed by atoms with van der Waals surface area (Å²) in [7, 11) is 2.85. The average Bonchev–Trinajstić information content (AvgIpc) is 2.59. The SMILES string of the molecule is CNC(C)(CN1C(=O)CCC1=O)C(=O)OC. The van der Waals surface area contributed by atoms with Gasteiger partial charge in [-0.25, -0.2) is 4.79 Å². The third kappa shape index (κ3) is 2.21. The minimum Gasteiger partial charge on any atom is -0.468 e. The molecule has 1 fully saturated rings. The van der Waals surface area contributed by atoms with Crippen LogP contribution in [-0.4, -0.2) is 48.9 Å². The molecule has 2 amide bonds. The first-order chi connectivity index (χ1) is 7.44. The lowest BCUT2D eigenvalue weighted by Gasteiger charge is -2.29. The van der Waals surface area contributed by atoms with Crippen LogP contribution in [0.4, 0.5) is 0 Å². The maximum atomic E-state index is 11.5. The molecule has 1 aliphatic rings. The molecule has 0 aromatic carbocycles. The van der Waals surface area contributed by atoms with Crippen LogP contribution in [0.2, 0.25) is 0 Å². The number of carbonyl (C=O) groups excluding carboxylic acids is 3. The van der Waals surface area contributed by atoms with E-state index in [1.165, 1.54) is 7.11 Å². The maximum Gasteiger partial charge on any atom is 0.327 e. The molecule has 90 valence electrons. The summed E-state index contributed by atoms with van der Waals surface area (Å²) in [6, 6.07) is 0. The molecule has 0 aromatic heterocycles. The van der Waals surface area contributed by atoms with Crippen LogP contribution >= 0.6 is 0 Å². The van der Waals surface area contributed by atoms with Gasteiger partial charge in [-0.1, -0.05) is 0 Å². The van der Waals surface area contributed by atoms with Crippen LogP contribution in [0, 0.1) is 0 Å². The van der Waals surface area contributed by atoms with E-state index in [9.17, 15) is 14.4 Å². The highest BCUT2D eigenvalue weighted by atomic mass is 16.5. The van der Waals surface area contributed by atoms with Crippen molar-refractivity contribution in [1.29, 1.82) is 0 Å². The van der Waals surface area contributed by atoms with Crippen LogP contribution < -0.4 is 5.32 Å². The largest absolute Gasteiger partial charge is 0.468 e. The molecular formula is C10H16N2O4. The standard InChI is InChI=1S/C10H16N2O4/c1-10(11-2,9(15)16-3)6-12-7(13)4-5-8(12)14/h11H,4-6H2,1-3H3. The minimum absolute atomic E-state index is 0.00778. The highest BCUT2D eigenvalue weighted by Gasteiger charge is 2.40. The molecular weight excluding hydrogens is 212 g/mol. The van der Waals surface area contributed by atoms with Crippen LogP contribution in [0.25, 0.3) is 0 Å². The summed E-state index contributed by atoms with van der Waals surface area (Å²) >= 11 is 0. The summed E-state index contributed by atoms with van der Waals surface area (Å²) in [5.74, 6) is -0.978. The number of rotatable bonds is 4. The molecule has 0 radical (unpaired) electrons. The fourth-order valence-electron chi connectivity index (χ4n) is 1.59. The number of carbonyl (C=O) groups is 3. The first kappa shape index (κ1) is 12.6. The van der Waals surface area contributed by atoms with Crippen molar-refractivity contribution in [2.75, 3.05) is 20.7 Å². The Morgan fingerprint density at radius 3 is 2.31 bits per heavy atom. The second-order valence-corrected chi connectivity index (χ2v) is 3.95. The first-order valence-electron chi connectivity index (χ1n) is 5.05. The van der Waals surface area contributed by atoms with Gasteiger partial charge in [0.05, 0.1) is 13.7 Å². The Hall–Kier alpha value is -1.43. The number of ether oxygens (including phenoxy) is 1. The van der Waals surface area contributed by atoms with Crippen molar-refractivity contribution >= 4 is 17.8 Å². The van der Waals surface area contributed by atoms with E-state index in [0.29, 0.717) is 0 Å². The number of likely N-dealkylation sites (tertiary alicyclic amines) is 1. The van der Waals surface area contributed by atoms with Crippen LogP contribution in [0.1, 0.15) is 19.8 Å². The quantitative estimate of drug-likeness (QED) is 0.508. The summed E-state index contributed by atoms with van der Waals surface area (Å²) in [5.41, 5.74) is -1.05. The number of esters is 1. The van der Waals surface area contributed by atoms with Gasteiger partial charge in [-0.05, 0) is 14.0 Å². The van der Waals surface area contributed by atoms with Crippen LogP contribution in [0.15, 0.2) is 0 Å². The van der Waals surface area contributed by atoms with Gasteiger partial charge in [0.2, 0.25) is 11.8 Å². The molecule has 1 unspecified atom stereocenters. The van der Waals surface area contributed by atoms with Gasteiger partial charge < -0.3 is 10.1 Å². The highest BCUT2D eigenvalue weighted by molar-refractivity contribution is 6.02. The fraction of sp³-hybridized carbons (Fsp3) is 0.700. The Bertz CT molecular complexity index is 313. The second kappa shape index (κ2) is 4.61. The first-order valence-corrected chi connectivity index (χ1v) is 5.05. The Morgan fingerprint density at radius 1 is 1.44 bits per heavy atom. The summed E-state index contributed by atoms with van der Waals surface area (Å²) in [6.45, 7) is 1.60. The molecule has 0 bridgehead atoms. The van der Waals surface area contributed by atoms with E-state index in [1.54, 1.807) is 14.0 Å². The van der Waals surface area contributed by atoms with Gasteiger partial charge in [0.15, 0.2) is 0 Å². The Balaban J connectivity index is 2.80. The van der Waals surface area contributed by atoms with Gasteiger partial charge in [0.25, 0.3) is 0 Å². The molecule has 1 saturated heterocycles. The predicted octanol–water partition coefficient (Wildman–Crippen LogP) is -0.713. The van der Waals surface area contributed by atoms with E-state index in [2.05, 4.69) is 10.1 Å². The molecule has 1 heterocycles. The highest BCUT2D eigenvalue weighted by Crippen LogP contribution is 2.16. The van der Waals surface area contributed by atoms with Crippen molar-refractivity contribution < 1.29 is 19.1 Å². The normalized spacial score (nSPS) is 19.8. The van der Waals surface area contributed by atoms with Crippen molar-refractivity contribution in [3.05, 3.63) is 0 Å². The Morgan fingerprint density at radius 2 is 1.94 bits per heavy atom. The average molecular weight is 228 g/mol. The predicted molar refractivity (Wildman–Crippen MR) is 55.4 cm³/mol. The van der Waals surface area contributed by atoms with Crippen molar-refractivity contribution in [1.82, 2.24) is 10.2 Å². The second-order valence-electron chi connectivity index (χ2n) is 3.95. The topological polar surface area (TPSA) is 75.7 Å². The lowest BCUT2D eigenvalue weighted by atomic mass is 10.0. The number of nitrogens with one attached hydrogen (secondary N) is 1. The third-order valence-corrected chi connectivity index (χ3v) is 2.82. The number of methoxy groups -OCH3 is 1. The van der Waals surface area contributed by atoms with E-state index in [0.717, 1.165) is 4.90 Å². The van der Waals surface area contributed by atoms with E-state index in [1.807, 2.05) is 0 Å². The number of nitrogens with zero attached hydrogens (tertiary/aromatic N) is 1. The molecule has 1 atom stereocenters. The fourth-order valence-corrected chi connectivity index (χ4v) is 1.59. The number of likely N-dealkylation sites (N-methyl/N-ethyl adjacent to an activating group) is 1. The van der Waals surface area contributed by atoms with Gasteiger partial charge in [-0.15, -0.1) is 0 Å². The summed E-state index contributed by atoms with van der Waals surface area (Å²) in [6.07, 6.45) is 0.444. The summed E-state index contributed by atoms with van der Waals surface area (Å²) < 4.78 is 4.64. The number of hydrogen-bond donors (Lipinski definition) is 1. The zero-order valence-electron chi connectivity index (χ0n) is 9.70. The third-order valence-electron chi connectivity index (χ3n) is 2.82. The van der Waals surface area contributed by atoms with Gasteiger partial charge >= 0.3 is 5.97 Å². The van der Waals surface area contributed by atoms with Crippen LogP contribution in [-0.2, 0) is 19.1 Å². The molecule has 0 aliphatic carbocycles. The van der Waals surface area contributed by atoms with Gasteiger partial charge in [-0.2, -0.15) is 0 Å². The van der Waals surface area contributed by atoms with Crippen LogP contribution in [0.3, 0.4) is 0 Å². The monoisotopic (exact) mass is 228 g/mol. The van der Waals surface area contributed by atoms with Crippen molar-refractivity contribution in [2.45, 2.75) is 25.3 Å². The molecule has 0 spiro atoms. The van der Waals surface area contributed by atoms with Crippen molar-refractivity contribution in [2.24, 2.45) is 0 Å². The van der Waals surface area contributed by atoms with E-state index < -0.39 is 11.5 Å². The maximum absolute atomic E-state index is 11.5. The molecule has 0 aromatic rings. The number of hydrogen-bond acceptors (Lipinski definition) is 5. The molecule has 0 saturated carbocycles. The lowest BCUT2D eigenvalue weighted by Crippen LogP contribution is -2.57. The molecule has 6 heteroatoms. The molecule has 1 N–H and O–H groups in total. The smallest absolute Gasteiger partial charge is 0.327 e. The zero-order chi connectivity index (χ0) is 12.3. The number of imide groups is 1. The summed E-state index contributed by atoms with van der Waals surface area (Å²) in [4.78, 5) is 35.5. The van der Waals surface area contributed by atoms with Gasteiger partial charge in [-0.3, -0.25) is 14.5 Å². The van der Waals surface area contributed by atoms with E-state index in [-0.39, 0.29) is 31.2 Å². The molecule has 6 nitrogen and oxygen atoms in total. The molecule has 1 aliphatic heterocycles. The van der Waals surface area contributed by atoms with E-state index >= 15 is 0 Å². The number of amides is 2. The van der Waals surface area contributed by atoms with E-state index in [4.69, 9.17) is 0 Å². The minimum atomic E-state index is -1.05. The van der Waals surface area contributed by atoms with Crippen molar-refractivity contribution in [3.63, 3.8) is 0 Å². The van der Waals surface area contributed by atoms with Crippen molar-refractivity contribution in [3.8, 4) is 0 Å². The van der Waals surface area contributed by atoms with Crippen LogP contribution in [0.5, 0.6) is 0 Å². The Kier molecular flexibility index (Phi) is 3.64. The van der Waals surface area contributed by atoms with Gasteiger partial charge in [0, 0.05) is 12.8 Å². The zero-order valence-corrected chi connectivity index (χ0v) is 9.70. The van der Waals surface area contributed by atoms with Gasteiger partial charge in [0.1, 0.15) is 5.54 Å². The lowest BCUT2D eigenvalue weighted by molar-refractivity contribution is -0.150.